The first kappa shape index (κ1) is 35.0. The highest BCUT2D eigenvalue weighted by Crippen LogP contribution is 2.44. The van der Waals surface area contributed by atoms with Gasteiger partial charge < -0.3 is 25.7 Å². The van der Waals surface area contributed by atoms with Crippen LogP contribution in [0.5, 0.6) is 0 Å². The Morgan fingerprint density at radius 3 is 2.48 bits per heavy atom. The smallest absolute Gasteiger partial charge is 0.404 e. The molecule has 12 heteroatoms. The van der Waals surface area contributed by atoms with E-state index < -0.39 is 33.5 Å². The van der Waals surface area contributed by atoms with Crippen molar-refractivity contribution in [3.63, 3.8) is 0 Å². The highest BCUT2D eigenvalue weighted by Gasteiger charge is 2.43. The number of carboxylic acid groups (broad SMARTS) is 1. The van der Waals surface area contributed by atoms with E-state index in [1.807, 2.05) is 43.3 Å². The normalized spacial score (nSPS) is 16.5. The van der Waals surface area contributed by atoms with Crippen LogP contribution in [-0.2, 0) is 22.2 Å². The van der Waals surface area contributed by atoms with E-state index in [-0.39, 0.29) is 32.0 Å². The summed E-state index contributed by atoms with van der Waals surface area (Å²) in [6, 6.07) is 19.3. The van der Waals surface area contributed by atoms with Gasteiger partial charge in [-0.2, -0.15) is 0 Å². The van der Waals surface area contributed by atoms with Gasteiger partial charge in [-0.25, -0.2) is 22.3 Å². The molecule has 10 nitrogen and oxygen atoms in total. The number of nitrogens with zero attached hydrogens (tertiary/aromatic N) is 1. The molecule has 0 aromatic heterocycles. The predicted molar refractivity (Wildman–Crippen MR) is 175 cm³/mol. The van der Waals surface area contributed by atoms with Crippen LogP contribution in [0.2, 0.25) is 0 Å². The molecule has 0 aliphatic carbocycles. The molecule has 2 atom stereocenters. The first-order chi connectivity index (χ1) is 21.9. The molecule has 5 N–H and O–H groups in total. The van der Waals surface area contributed by atoms with Crippen LogP contribution in [0.25, 0.3) is 11.1 Å². The molecule has 4 rings (SSSR count). The lowest BCUT2D eigenvalue weighted by Gasteiger charge is -2.43. The van der Waals surface area contributed by atoms with E-state index in [9.17, 15) is 23.1 Å². The van der Waals surface area contributed by atoms with Crippen molar-refractivity contribution in [1.29, 1.82) is 0 Å². The molecule has 0 radical (unpaired) electrons. The third-order valence-electron chi connectivity index (χ3n) is 8.38. The molecule has 1 saturated heterocycles. The van der Waals surface area contributed by atoms with E-state index in [1.165, 1.54) is 6.07 Å². The summed E-state index contributed by atoms with van der Waals surface area (Å²) in [6.45, 7) is 4.04. The lowest BCUT2D eigenvalue weighted by atomic mass is 9.72. The molecule has 1 fully saturated rings. The maximum atomic E-state index is 15.6. The van der Waals surface area contributed by atoms with Gasteiger partial charge in [0.25, 0.3) is 5.91 Å². The quantitative estimate of drug-likeness (QED) is 0.164. The van der Waals surface area contributed by atoms with Crippen LogP contribution in [0.15, 0.2) is 66.7 Å². The van der Waals surface area contributed by atoms with Gasteiger partial charge in [0.2, 0.25) is 10.0 Å². The van der Waals surface area contributed by atoms with Gasteiger partial charge in [0.1, 0.15) is 5.82 Å². The summed E-state index contributed by atoms with van der Waals surface area (Å²) in [5.41, 5.74) is 2.22. The Labute approximate surface area is 270 Å². The van der Waals surface area contributed by atoms with E-state index in [0.29, 0.717) is 61.2 Å². The number of carbonyl (C=O) groups excluding carboxylic acids is 1. The summed E-state index contributed by atoms with van der Waals surface area (Å²) in [5, 5.41) is 27.1. The van der Waals surface area contributed by atoms with Crippen molar-refractivity contribution < 1.29 is 32.6 Å². The third-order valence-corrected chi connectivity index (χ3v) is 9.11. The Hall–Kier alpha value is -3.84. The SMILES string of the molecule is Cc1cccc(-c2c(F)cccc2C(O)(CCCNC(=O)O)C2CCCN(C(=O)c3ccc(CNCCNS(C)(=O)=O)cc3)C2)c1. The minimum atomic E-state index is -3.24. The molecule has 1 aliphatic rings. The lowest BCUT2D eigenvalue weighted by Crippen LogP contribution is -2.48. The molecular formula is C34H43FN4O6S. The van der Waals surface area contributed by atoms with Gasteiger partial charge >= 0.3 is 6.09 Å². The summed E-state index contributed by atoms with van der Waals surface area (Å²) in [4.78, 5) is 26.5. The molecule has 3 aromatic rings. The number of hydrogen-bond donors (Lipinski definition) is 5. The number of halogens is 1. The van der Waals surface area contributed by atoms with Crippen molar-refractivity contribution in [2.75, 3.05) is 39.0 Å². The number of piperidine rings is 1. The minimum absolute atomic E-state index is 0.123. The molecule has 0 bridgehead atoms. The molecule has 1 heterocycles. The second kappa shape index (κ2) is 15.6. The monoisotopic (exact) mass is 654 g/mol. The van der Waals surface area contributed by atoms with E-state index in [0.717, 1.165) is 17.4 Å². The van der Waals surface area contributed by atoms with E-state index in [4.69, 9.17) is 5.11 Å². The molecule has 0 spiro atoms. The summed E-state index contributed by atoms with van der Waals surface area (Å²) in [7, 11) is -3.24. The fraction of sp³-hybridized carbons (Fsp3) is 0.412. The number of sulfonamides is 1. The number of benzene rings is 3. The zero-order valence-electron chi connectivity index (χ0n) is 26.3. The van der Waals surface area contributed by atoms with E-state index in [2.05, 4.69) is 15.4 Å². The molecule has 3 aromatic carbocycles. The fourth-order valence-electron chi connectivity index (χ4n) is 6.15. The highest BCUT2D eigenvalue weighted by molar-refractivity contribution is 7.88. The Morgan fingerprint density at radius 1 is 1.04 bits per heavy atom. The number of rotatable bonds is 14. The Morgan fingerprint density at radius 2 is 1.78 bits per heavy atom. The topological polar surface area (TPSA) is 148 Å². The van der Waals surface area contributed by atoms with Gasteiger partial charge in [-0.1, -0.05) is 54.1 Å². The van der Waals surface area contributed by atoms with Gasteiger partial charge in [-0.05, 0) is 67.5 Å². The first-order valence-electron chi connectivity index (χ1n) is 15.5. The summed E-state index contributed by atoms with van der Waals surface area (Å²) in [6.07, 6.45) is 1.69. The maximum absolute atomic E-state index is 15.6. The average molecular weight is 655 g/mol. The van der Waals surface area contributed by atoms with Gasteiger partial charge in [0.15, 0.2) is 0 Å². The highest BCUT2D eigenvalue weighted by atomic mass is 32.2. The predicted octanol–water partition coefficient (Wildman–Crippen LogP) is 4.23. The number of hydrogen-bond acceptors (Lipinski definition) is 6. The first-order valence-corrected chi connectivity index (χ1v) is 17.4. The average Bonchev–Trinajstić information content (AvgIpc) is 3.02. The summed E-state index contributed by atoms with van der Waals surface area (Å²) >= 11 is 0. The van der Waals surface area contributed by atoms with E-state index >= 15 is 4.39 Å². The summed E-state index contributed by atoms with van der Waals surface area (Å²) in [5.74, 6) is -1.06. The zero-order valence-corrected chi connectivity index (χ0v) is 27.1. The van der Waals surface area contributed by atoms with Gasteiger partial charge in [0, 0.05) is 56.3 Å². The molecule has 1 aliphatic heterocycles. The minimum Gasteiger partial charge on any atom is -0.465 e. The standard InChI is InChI=1S/C34H43FN4O6S/c1-24-7-3-8-27(21-24)31-29(10-4-11-30(31)35)34(43,16-6-17-37-33(41)42)28-9-5-20-39(23-28)32(40)26-14-12-25(13-15-26)22-36-18-19-38-46(2,44)45/h3-4,7-8,10-15,21,28,36-38,43H,5-6,9,16-20,22-23H2,1-2H3,(H,41,42). The number of aryl methyl sites for hydroxylation is 1. The van der Waals surface area contributed by atoms with Crippen LogP contribution in [0, 0.1) is 18.7 Å². The van der Waals surface area contributed by atoms with Crippen LogP contribution in [0.1, 0.15) is 52.7 Å². The number of aliphatic hydroxyl groups is 1. The molecule has 2 unspecified atom stereocenters. The van der Waals surface area contributed by atoms with E-state index in [1.54, 1.807) is 29.2 Å². The Balaban J connectivity index is 1.54. The van der Waals surface area contributed by atoms with Gasteiger partial charge in [-0.3, -0.25) is 4.79 Å². The van der Waals surface area contributed by atoms with Crippen LogP contribution in [0.3, 0.4) is 0 Å². The lowest BCUT2D eigenvalue weighted by molar-refractivity contribution is -0.0564. The Bertz CT molecular complexity index is 1620. The largest absolute Gasteiger partial charge is 0.465 e. The molecule has 2 amide bonds. The second-order valence-corrected chi connectivity index (χ2v) is 13.8. The molecule has 248 valence electrons. The van der Waals surface area contributed by atoms with Crippen LogP contribution >= 0.6 is 0 Å². The molecule has 46 heavy (non-hydrogen) atoms. The van der Waals surface area contributed by atoms with Crippen LogP contribution in [-0.4, -0.2) is 74.5 Å². The number of carbonyl (C=O) groups is 2. The van der Waals surface area contributed by atoms with Gasteiger partial charge in [-0.15, -0.1) is 0 Å². The number of amides is 2. The maximum Gasteiger partial charge on any atom is 0.404 e. The zero-order chi connectivity index (χ0) is 33.3. The third kappa shape index (κ3) is 9.35. The van der Waals surface area contributed by atoms with Crippen molar-refractivity contribution in [1.82, 2.24) is 20.3 Å². The van der Waals surface area contributed by atoms with Crippen molar-refractivity contribution in [2.24, 2.45) is 5.92 Å². The van der Waals surface area contributed by atoms with Crippen molar-refractivity contribution in [3.05, 3.63) is 94.8 Å². The Kier molecular flexibility index (Phi) is 11.9. The van der Waals surface area contributed by atoms with Crippen LogP contribution in [0.4, 0.5) is 9.18 Å². The van der Waals surface area contributed by atoms with Gasteiger partial charge in [0.05, 0.1) is 11.9 Å². The number of nitrogens with one attached hydrogen (secondary N) is 3. The fourth-order valence-corrected chi connectivity index (χ4v) is 6.62. The number of likely N-dealkylation sites (tertiary alicyclic amines) is 1. The van der Waals surface area contributed by atoms with Crippen molar-refractivity contribution >= 4 is 22.0 Å². The molecule has 0 saturated carbocycles. The second-order valence-electron chi connectivity index (χ2n) is 11.9. The van der Waals surface area contributed by atoms with Crippen LogP contribution < -0.4 is 15.4 Å². The van der Waals surface area contributed by atoms with Crippen molar-refractivity contribution in [3.8, 4) is 11.1 Å². The molecular weight excluding hydrogens is 611 g/mol. The summed E-state index contributed by atoms with van der Waals surface area (Å²) < 4.78 is 40.4. The van der Waals surface area contributed by atoms with Crippen molar-refractivity contribution in [2.45, 2.75) is 44.8 Å².